The maximum absolute atomic E-state index is 9.31. The number of nitrogens with two attached hydrogens (primary N) is 1. The molecule has 72 valence electrons. The fourth-order valence-electron chi connectivity index (χ4n) is 1.56. The average Bonchev–Trinajstić information content (AvgIpc) is 2.59. The number of aliphatic hydroxyl groups is 1. The van der Waals surface area contributed by atoms with E-state index in [9.17, 15) is 5.11 Å². The van der Waals surface area contributed by atoms with Crippen molar-refractivity contribution in [3.05, 3.63) is 15.6 Å². The molecule has 0 saturated heterocycles. The number of thiazole rings is 1. The van der Waals surface area contributed by atoms with Crippen LogP contribution in [-0.4, -0.2) is 16.2 Å². The van der Waals surface area contributed by atoms with E-state index < -0.39 is 6.10 Å². The van der Waals surface area contributed by atoms with Crippen molar-refractivity contribution in [1.29, 1.82) is 0 Å². The summed E-state index contributed by atoms with van der Waals surface area (Å²) in [5.41, 5.74) is 7.00. The van der Waals surface area contributed by atoms with Gasteiger partial charge in [0.15, 0.2) is 0 Å². The van der Waals surface area contributed by atoms with E-state index in [0.29, 0.717) is 0 Å². The molecule has 0 saturated carbocycles. The van der Waals surface area contributed by atoms with Crippen molar-refractivity contribution in [2.24, 2.45) is 5.73 Å². The van der Waals surface area contributed by atoms with Gasteiger partial charge in [0, 0.05) is 4.88 Å². The van der Waals surface area contributed by atoms with Gasteiger partial charge in [0.05, 0.1) is 17.8 Å². The van der Waals surface area contributed by atoms with Crippen molar-refractivity contribution >= 4 is 11.3 Å². The van der Waals surface area contributed by atoms with Crippen LogP contribution in [0.1, 0.15) is 35.0 Å². The number of aryl methyl sites for hydroxylation is 2. The molecule has 0 fully saturated rings. The first kappa shape index (κ1) is 9.12. The van der Waals surface area contributed by atoms with Gasteiger partial charge in [-0.05, 0) is 26.2 Å². The Balaban J connectivity index is 2.23. The third-order valence-corrected chi connectivity index (χ3v) is 3.68. The predicted molar refractivity (Wildman–Crippen MR) is 52.7 cm³/mol. The highest BCUT2D eigenvalue weighted by Gasteiger charge is 2.21. The zero-order chi connectivity index (χ0) is 9.42. The molecular formula is C9H14N2OS. The van der Waals surface area contributed by atoms with Crippen LogP contribution in [0.25, 0.3) is 0 Å². The molecule has 0 amide bonds. The first-order valence-electron chi connectivity index (χ1n) is 4.60. The molecule has 0 radical (unpaired) electrons. The van der Waals surface area contributed by atoms with Crippen LogP contribution < -0.4 is 5.73 Å². The Hall–Kier alpha value is -0.450. The molecule has 3 N–H and O–H groups in total. The maximum atomic E-state index is 9.31. The van der Waals surface area contributed by atoms with Gasteiger partial charge in [-0.15, -0.1) is 11.3 Å². The van der Waals surface area contributed by atoms with Gasteiger partial charge in [0.25, 0.3) is 0 Å². The fraction of sp³-hybridized carbons (Fsp3) is 0.667. The predicted octanol–water partition coefficient (Wildman–Crippen LogP) is 1.01. The highest BCUT2D eigenvalue weighted by Crippen LogP contribution is 2.30. The fourth-order valence-corrected chi connectivity index (χ4v) is 2.81. The van der Waals surface area contributed by atoms with E-state index in [1.807, 2.05) is 0 Å². The van der Waals surface area contributed by atoms with Crippen molar-refractivity contribution < 1.29 is 5.11 Å². The molecule has 0 aromatic carbocycles. The van der Waals surface area contributed by atoms with Gasteiger partial charge < -0.3 is 10.8 Å². The van der Waals surface area contributed by atoms with Gasteiger partial charge in [0.2, 0.25) is 0 Å². The zero-order valence-electron chi connectivity index (χ0n) is 7.66. The molecule has 4 heteroatoms. The number of rotatable bonds is 2. The minimum Gasteiger partial charge on any atom is -0.391 e. The minimum atomic E-state index is -0.508. The van der Waals surface area contributed by atoms with Crippen molar-refractivity contribution in [1.82, 2.24) is 4.98 Å². The van der Waals surface area contributed by atoms with Gasteiger partial charge in [-0.1, -0.05) is 0 Å². The van der Waals surface area contributed by atoms with Crippen LogP contribution in [0.5, 0.6) is 0 Å². The number of nitrogens with zero attached hydrogens (tertiary/aromatic N) is 1. The lowest BCUT2D eigenvalue weighted by Gasteiger charge is -2.10. The van der Waals surface area contributed by atoms with Gasteiger partial charge in [0.1, 0.15) is 5.01 Å². The van der Waals surface area contributed by atoms with E-state index in [0.717, 1.165) is 17.8 Å². The topological polar surface area (TPSA) is 59.1 Å². The first-order chi connectivity index (χ1) is 6.18. The third-order valence-electron chi connectivity index (χ3n) is 2.42. The maximum Gasteiger partial charge on any atom is 0.113 e. The molecule has 1 aromatic heterocycles. The Bertz CT molecular complexity index is 287. The quantitative estimate of drug-likeness (QED) is 0.745. The molecule has 1 aromatic rings. The second-order valence-electron chi connectivity index (χ2n) is 3.54. The number of fused-ring (bicyclic) bond motifs is 1. The van der Waals surface area contributed by atoms with E-state index >= 15 is 0 Å². The summed E-state index contributed by atoms with van der Waals surface area (Å²) in [5, 5.41) is 10.2. The molecule has 0 aliphatic heterocycles. The summed E-state index contributed by atoms with van der Waals surface area (Å²) < 4.78 is 0. The van der Waals surface area contributed by atoms with Crippen molar-refractivity contribution in [3.63, 3.8) is 0 Å². The third kappa shape index (κ3) is 1.61. The lowest BCUT2D eigenvalue weighted by molar-refractivity contribution is 0.164. The number of hydrogen-bond donors (Lipinski definition) is 2. The van der Waals surface area contributed by atoms with Gasteiger partial charge >= 0.3 is 0 Å². The van der Waals surface area contributed by atoms with Crippen LogP contribution in [-0.2, 0) is 12.8 Å². The molecule has 3 nitrogen and oxygen atoms in total. The lowest BCUT2D eigenvalue weighted by atomic mass is 10.2. The van der Waals surface area contributed by atoms with E-state index in [-0.39, 0.29) is 6.04 Å². The molecule has 1 aliphatic rings. The van der Waals surface area contributed by atoms with Crippen LogP contribution in [0.4, 0.5) is 0 Å². The normalized spacial score (nSPS) is 19.9. The summed E-state index contributed by atoms with van der Waals surface area (Å²) in [7, 11) is 0. The van der Waals surface area contributed by atoms with Crippen molar-refractivity contribution in [2.45, 2.75) is 38.3 Å². The largest absolute Gasteiger partial charge is 0.391 e. The van der Waals surface area contributed by atoms with Crippen LogP contribution in [0, 0.1) is 0 Å². The summed E-state index contributed by atoms with van der Waals surface area (Å²) in [6.07, 6.45) is 2.93. The summed E-state index contributed by atoms with van der Waals surface area (Å²) in [6.45, 7) is 1.71. The van der Waals surface area contributed by atoms with Crippen LogP contribution >= 0.6 is 11.3 Å². The molecule has 1 aliphatic carbocycles. The van der Waals surface area contributed by atoms with Crippen LogP contribution in [0.2, 0.25) is 0 Å². The minimum absolute atomic E-state index is 0.310. The van der Waals surface area contributed by atoms with E-state index in [1.165, 1.54) is 17.0 Å². The Labute approximate surface area is 81.6 Å². The summed E-state index contributed by atoms with van der Waals surface area (Å²) >= 11 is 1.66. The van der Waals surface area contributed by atoms with Gasteiger partial charge in [-0.2, -0.15) is 0 Å². The average molecular weight is 198 g/mol. The van der Waals surface area contributed by atoms with E-state index in [2.05, 4.69) is 4.98 Å². The van der Waals surface area contributed by atoms with Gasteiger partial charge in [-0.3, -0.25) is 0 Å². The van der Waals surface area contributed by atoms with Crippen LogP contribution in [0.3, 0.4) is 0 Å². The molecule has 0 bridgehead atoms. The first-order valence-corrected chi connectivity index (χ1v) is 5.42. The van der Waals surface area contributed by atoms with Gasteiger partial charge in [-0.25, -0.2) is 4.98 Å². The molecule has 2 atom stereocenters. The second-order valence-corrected chi connectivity index (χ2v) is 4.66. The highest BCUT2D eigenvalue weighted by atomic mass is 32.1. The summed E-state index contributed by atoms with van der Waals surface area (Å²) in [6, 6.07) is -0.310. The van der Waals surface area contributed by atoms with E-state index in [4.69, 9.17) is 5.73 Å². The smallest absolute Gasteiger partial charge is 0.113 e. The zero-order valence-corrected chi connectivity index (χ0v) is 8.47. The number of aromatic nitrogens is 1. The Morgan fingerprint density at radius 1 is 1.54 bits per heavy atom. The standard InChI is InChI=1S/C9H14N2OS/c1-5(12)8(10)9-11-6-3-2-4-7(6)13-9/h5,8,12H,2-4,10H2,1H3/t5-,8+/m0/s1. The van der Waals surface area contributed by atoms with Crippen LogP contribution in [0.15, 0.2) is 0 Å². The molecule has 0 unspecified atom stereocenters. The monoisotopic (exact) mass is 198 g/mol. The summed E-state index contributed by atoms with van der Waals surface area (Å²) in [5.74, 6) is 0. The van der Waals surface area contributed by atoms with Crippen molar-refractivity contribution in [2.75, 3.05) is 0 Å². The molecule has 1 heterocycles. The Morgan fingerprint density at radius 3 is 2.92 bits per heavy atom. The molecule has 0 spiro atoms. The molecular weight excluding hydrogens is 184 g/mol. The highest BCUT2D eigenvalue weighted by molar-refractivity contribution is 7.11. The Morgan fingerprint density at radius 2 is 2.31 bits per heavy atom. The Kier molecular flexibility index (Phi) is 2.36. The van der Waals surface area contributed by atoms with Crippen molar-refractivity contribution in [3.8, 4) is 0 Å². The number of aliphatic hydroxyl groups excluding tert-OH is 1. The number of hydrogen-bond acceptors (Lipinski definition) is 4. The second kappa shape index (κ2) is 3.36. The summed E-state index contributed by atoms with van der Waals surface area (Å²) in [4.78, 5) is 5.81. The van der Waals surface area contributed by atoms with E-state index in [1.54, 1.807) is 18.3 Å². The lowest BCUT2D eigenvalue weighted by Crippen LogP contribution is -2.22. The molecule has 13 heavy (non-hydrogen) atoms. The molecule has 2 rings (SSSR count). The SMILES string of the molecule is C[C@H](O)[C@@H](N)c1nc2c(s1)CCC2.